The van der Waals surface area contributed by atoms with Crippen molar-refractivity contribution in [3.05, 3.63) is 71.5 Å². The fourth-order valence-electron chi connectivity index (χ4n) is 4.30. The van der Waals surface area contributed by atoms with Crippen molar-refractivity contribution >= 4 is 0 Å². The third-order valence-corrected chi connectivity index (χ3v) is 6.07. The summed E-state index contributed by atoms with van der Waals surface area (Å²) in [7, 11) is 2.15. The van der Waals surface area contributed by atoms with Crippen molar-refractivity contribution in [1.29, 1.82) is 5.26 Å². The van der Waals surface area contributed by atoms with Crippen LogP contribution in [0.15, 0.2) is 54.6 Å². The van der Waals surface area contributed by atoms with Gasteiger partial charge in [-0.05, 0) is 56.7 Å². The highest BCUT2D eigenvalue weighted by molar-refractivity contribution is 5.36. The highest BCUT2D eigenvalue weighted by Gasteiger charge is 2.48. The summed E-state index contributed by atoms with van der Waals surface area (Å²) in [5, 5.41) is 10.1. The number of hydrogen-bond acceptors (Lipinski definition) is 2. The van der Waals surface area contributed by atoms with E-state index in [9.17, 15) is 9.65 Å². The Morgan fingerprint density at radius 2 is 1.81 bits per heavy atom. The molecule has 2 nitrogen and oxygen atoms in total. The summed E-state index contributed by atoms with van der Waals surface area (Å²) in [6.45, 7) is 3.09. The summed E-state index contributed by atoms with van der Waals surface area (Å²) >= 11 is 0. The molecule has 0 radical (unpaired) electrons. The predicted molar refractivity (Wildman–Crippen MR) is 108 cm³/mol. The van der Waals surface area contributed by atoms with E-state index in [4.69, 9.17) is 0 Å². The lowest BCUT2D eigenvalue weighted by Crippen LogP contribution is -2.35. The van der Waals surface area contributed by atoms with Gasteiger partial charge in [0.2, 0.25) is 0 Å². The molecule has 2 atom stereocenters. The third-order valence-electron chi connectivity index (χ3n) is 6.07. The van der Waals surface area contributed by atoms with Crippen LogP contribution in [-0.2, 0) is 12.0 Å². The summed E-state index contributed by atoms with van der Waals surface area (Å²) in [6, 6.07) is 20.2. The van der Waals surface area contributed by atoms with Crippen molar-refractivity contribution in [3.8, 4) is 6.07 Å². The predicted octanol–water partition coefficient (Wildman–Crippen LogP) is 5.69. The number of nitriles is 1. The van der Waals surface area contributed by atoms with Gasteiger partial charge in [0.15, 0.2) is 0 Å². The molecule has 142 valence electrons. The van der Waals surface area contributed by atoms with Gasteiger partial charge in [-0.15, -0.1) is 0 Å². The number of halogens is 1. The molecule has 0 spiro atoms. The minimum atomic E-state index is -0.688. The second kappa shape index (κ2) is 8.67. The van der Waals surface area contributed by atoms with E-state index in [0.717, 1.165) is 32.2 Å². The summed E-state index contributed by atoms with van der Waals surface area (Å²) in [5.74, 6) is 0.0491. The van der Waals surface area contributed by atoms with E-state index in [2.05, 4.69) is 49.2 Å². The minimum absolute atomic E-state index is 0.239. The molecule has 0 bridgehead atoms. The summed E-state index contributed by atoms with van der Waals surface area (Å²) in [5.41, 5.74) is 1.20. The average molecular weight is 365 g/mol. The van der Waals surface area contributed by atoms with Crippen LogP contribution in [0.5, 0.6) is 0 Å². The first-order chi connectivity index (χ1) is 13.1. The van der Waals surface area contributed by atoms with Crippen molar-refractivity contribution in [3.63, 3.8) is 0 Å². The van der Waals surface area contributed by atoms with Gasteiger partial charge in [0.1, 0.15) is 5.82 Å². The standard InChI is InChI=1S/C24H29FN2/c1-3-21(27(2)17-19-9-5-4-6-10-19)15-16-24(18-26,20-13-14-20)22-11-7-8-12-23(22)25/h4-12,20-21H,3,13-17H2,1-2H3. The zero-order chi connectivity index (χ0) is 19.3. The van der Waals surface area contributed by atoms with Crippen LogP contribution in [0.3, 0.4) is 0 Å². The lowest BCUT2D eigenvalue weighted by Gasteiger charge is -2.33. The van der Waals surface area contributed by atoms with Gasteiger partial charge in [0.25, 0.3) is 0 Å². The molecule has 0 aromatic heterocycles. The Balaban J connectivity index is 1.74. The zero-order valence-corrected chi connectivity index (χ0v) is 16.4. The first kappa shape index (κ1) is 19.6. The van der Waals surface area contributed by atoms with Gasteiger partial charge in [0, 0.05) is 18.2 Å². The van der Waals surface area contributed by atoms with Crippen molar-refractivity contribution in [2.45, 2.75) is 57.0 Å². The van der Waals surface area contributed by atoms with Gasteiger partial charge in [-0.25, -0.2) is 4.39 Å². The van der Waals surface area contributed by atoms with Gasteiger partial charge < -0.3 is 0 Å². The van der Waals surface area contributed by atoms with Gasteiger partial charge in [-0.1, -0.05) is 55.5 Å². The van der Waals surface area contributed by atoms with Gasteiger partial charge in [0.05, 0.1) is 11.5 Å². The Labute approximate surface area is 162 Å². The maximum absolute atomic E-state index is 14.6. The zero-order valence-electron chi connectivity index (χ0n) is 16.4. The molecule has 3 heteroatoms. The van der Waals surface area contributed by atoms with Crippen LogP contribution >= 0.6 is 0 Å². The molecule has 2 unspecified atom stereocenters. The topological polar surface area (TPSA) is 27.0 Å². The molecule has 2 aromatic carbocycles. The van der Waals surface area contributed by atoms with Gasteiger partial charge in [-0.3, -0.25) is 4.90 Å². The number of benzene rings is 2. The SMILES string of the molecule is CCC(CCC(C#N)(c1ccccc1F)C1CC1)N(C)Cc1ccccc1. The van der Waals surface area contributed by atoms with Crippen LogP contribution < -0.4 is 0 Å². The molecular formula is C24H29FN2. The van der Waals surface area contributed by atoms with Gasteiger partial charge >= 0.3 is 0 Å². The minimum Gasteiger partial charge on any atom is -0.299 e. The Bertz CT molecular complexity index is 778. The number of rotatable bonds is 9. The van der Waals surface area contributed by atoms with E-state index in [-0.39, 0.29) is 11.7 Å². The maximum atomic E-state index is 14.6. The molecule has 0 N–H and O–H groups in total. The van der Waals surface area contributed by atoms with Crippen LogP contribution in [-0.4, -0.2) is 18.0 Å². The molecule has 27 heavy (non-hydrogen) atoms. The second-order valence-corrected chi connectivity index (χ2v) is 7.84. The van der Waals surface area contributed by atoms with E-state index in [0.29, 0.717) is 18.0 Å². The summed E-state index contributed by atoms with van der Waals surface area (Å²) in [6.07, 6.45) is 4.69. The monoisotopic (exact) mass is 364 g/mol. The summed E-state index contributed by atoms with van der Waals surface area (Å²) < 4.78 is 14.6. The fraction of sp³-hybridized carbons (Fsp3) is 0.458. The van der Waals surface area contributed by atoms with Gasteiger partial charge in [-0.2, -0.15) is 5.26 Å². The molecule has 2 aromatic rings. The van der Waals surface area contributed by atoms with Crippen LogP contribution in [0.4, 0.5) is 4.39 Å². The molecule has 1 aliphatic rings. The molecule has 1 saturated carbocycles. The quantitative estimate of drug-likeness (QED) is 0.572. The lowest BCUT2D eigenvalue weighted by molar-refractivity contribution is 0.201. The Hall–Kier alpha value is -2.18. The molecule has 0 amide bonds. The van der Waals surface area contributed by atoms with Crippen LogP contribution in [0, 0.1) is 23.1 Å². The van der Waals surface area contributed by atoms with Crippen molar-refractivity contribution in [2.75, 3.05) is 7.05 Å². The molecule has 1 fully saturated rings. The van der Waals surface area contributed by atoms with E-state index < -0.39 is 5.41 Å². The molecular weight excluding hydrogens is 335 g/mol. The molecule has 0 aliphatic heterocycles. The molecule has 0 heterocycles. The first-order valence-corrected chi connectivity index (χ1v) is 10.0. The van der Waals surface area contributed by atoms with Crippen LogP contribution in [0.1, 0.15) is 50.2 Å². The van der Waals surface area contributed by atoms with E-state index in [1.165, 1.54) is 11.6 Å². The Morgan fingerprint density at radius 3 is 2.41 bits per heavy atom. The number of nitrogens with zero attached hydrogens (tertiary/aromatic N) is 2. The molecule has 0 saturated heterocycles. The van der Waals surface area contributed by atoms with E-state index >= 15 is 0 Å². The Morgan fingerprint density at radius 1 is 1.15 bits per heavy atom. The Kier molecular flexibility index (Phi) is 6.29. The first-order valence-electron chi connectivity index (χ1n) is 10.0. The van der Waals surface area contributed by atoms with Crippen LogP contribution in [0.25, 0.3) is 0 Å². The number of hydrogen-bond donors (Lipinski definition) is 0. The van der Waals surface area contributed by atoms with E-state index in [1.807, 2.05) is 18.2 Å². The smallest absolute Gasteiger partial charge is 0.128 e. The highest BCUT2D eigenvalue weighted by Crippen LogP contribution is 2.50. The largest absolute Gasteiger partial charge is 0.299 e. The second-order valence-electron chi connectivity index (χ2n) is 7.84. The third kappa shape index (κ3) is 4.39. The lowest BCUT2D eigenvalue weighted by atomic mass is 9.72. The van der Waals surface area contributed by atoms with Crippen molar-refractivity contribution in [2.24, 2.45) is 5.92 Å². The molecule has 3 rings (SSSR count). The highest BCUT2D eigenvalue weighted by atomic mass is 19.1. The van der Waals surface area contributed by atoms with Crippen molar-refractivity contribution in [1.82, 2.24) is 4.90 Å². The maximum Gasteiger partial charge on any atom is 0.128 e. The van der Waals surface area contributed by atoms with Crippen LogP contribution in [0.2, 0.25) is 0 Å². The average Bonchev–Trinajstić information content (AvgIpc) is 3.53. The van der Waals surface area contributed by atoms with E-state index in [1.54, 1.807) is 6.07 Å². The summed E-state index contributed by atoms with van der Waals surface area (Å²) in [4.78, 5) is 2.37. The molecule has 1 aliphatic carbocycles. The van der Waals surface area contributed by atoms with Crippen molar-refractivity contribution < 1.29 is 4.39 Å². The normalized spacial score (nSPS) is 17.3. The fourth-order valence-corrected chi connectivity index (χ4v) is 4.30.